The quantitative estimate of drug-likeness (QED) is 0.868. The lowest BCUT2D eigenvalue weighted by atomic mass is 10.3. The van der Waals surface area contributed by atoms with Gasteiger partial charge in [-0.3, -0.25) is 0 Å². The minimum atomic E-state index is -2.44. The van der Waals surface area contributed by atoms with E-state index in [0.29, 0.717) is 5.56 Å². The third-order valence-corrected chi connectivity index (χ3v) is 2.11. The Bertz CT molecular complexity index is 336. The number of nitrogens with zero attached hydrogens (tertiary/aromatic N) is 2. The Morgan fingerprint density at radius 1 is 1.60 bits per heavy atom. The third kappa shape index (κ3) is 3.28. The van der Waals surface area contributed by atoms with Crippen molar-refractivity contribution in [1.29, 1.82) is 0 Å². The van der Waals surface area contributed by atoms with Gasteiger partial charge in [-0.25, -0.2) is 13.8 Å². The molecule has 0 aliphatic carbocycles. The molecule has 3 nitrogen and oxygen atoms in total. The lowest BCUT2D eigenvalue weighted by Gasteiger charge is -2.18. The van der Waals surface area contributed by atoms with Gasteiger partial charge in [0.05, 0.1) is 18.2 Å². The summed E-state index contributed by atoms with van der Waals surface area (Å²) in [7, 11) is 1.49. The Hall–Kier alpha value is -0.940. The van der Waals surface area contributed by atoms with Crippen LogP contribution in [0.3, 0.4) is 0 Å². The van der Waals surface area contributed by atoms with Crippen LogP contribution in [0.1, 0.15) is 5.56 Å². The van der Waals surface area contributed by atoms with E-state index in [1.807, 2.05) is 0 Å². The largest absolute Gasteiger partial charge is 0.392 e. The molecule has 1 heterocycles. The maximum absolute atomic E-state index is 12.1. The number of anilines is 1. The summed E-state index contributed by atoms with van der Waals surface area (Å²) < 4.78 is 24.2. The van der Waals surface area contributed by atoms with Gasteiger partial charge in [-0.1, -0.05) is 11.6 Å². The Morgan fingerprint density at radius 3 is 2.73 bits per heavy atom. The number of hydrogen-bond donors (Lipinski definition) is 1. The molecule has 0 unspecified atom stereocenters. The number of aliphatic hydroxyl groups excluding tert-OH is 1. The molecule has 1 aromatic rings. The first-order chi connectivity index (χ1) is 7.04. The molecule has 6 heteroatoms. The highest BCUT2D eigenvalue weighted by Crippen LogP contribution is 2.23. The van der Waals surface area contributed by atoms with Gasteiger partial charge < -0.3 is 10.0 Å². The Labute approximate surface area is 91.3 Å². The number of pyridine rings is 1. The minimum absolute atomic E-state index is 0.175. The van der Waals surface area contributed by atoms with Crippen molar-refractivity contribution in [3.8, 4) is 0 Å². The van der Waals surface area contributed by atoms with E-state index in [-0.39, 0.29) is 17.4 Å². The van der Waals surface area contributed by atoms with Crippen molar-refractivity contribution in [3.63, 3.8) is 0 Å². The monoisotopic (exact) mass is 236 g/mol. The highest BCUT2D eigenvalue weighted by atomic mass is 35.5. The summed E-state index contributed by atoms with van der Waals surface area (Å²) in [6, 6.07) is 1.51. The first kappa shape index (κ1) is 12.1. The van der Waals surface area contributed by atoms with Crippen LogP contribution in [0.5, 0.6) is 0 Å². The Kier molecular flexibility index (Phi) is 4.23. The molecule has 0 spiro atoms. The van der Waals surface area contributed by atoms with E-state index in [0.717, 1.165) is 0 Å². The van der Waals surface area contributed by atoms with Crippen molar-refractivity contribution in [2.45, 2.75) is 13.0 Å². The summed E-state index contributed by atoms with van der Waals surface area (Å²) in [5.74, 6) is 0.286. The van der Waals surface area contributed by atoms with Gasteiger partial charge in [0.25, 0.3) is 6.43 Å². The Balaban J connectivity index is 2.85. The highest BCUT2D eigenvalue weighted by Gasteiger charge is 2.12. The van der Waals surface area contributed by atoms with E-state index in [9.17, 15) is 8.78 Å². The second-order valence-corrected chi connectivity index (χ2v) is 3.49. The van der Waals surface area contributed by atoms with Crippen molar-refractivity contribution in [2.24, 2.45) is 0 Å². The van der Waals surface area contributed by atoms with Gasteiger partial charge in [-0.2, -0.15) is 0 Å². The van der Waals surface area contributed by atoms with E-state index in [1.54, 1.807) is 0 Å². The summed E-state index contributed by atoms with van der Waals surface area (Å²) in [4.78, 5) is 5.17. The van der Waals surface area contributed by atoms with Gasteiger partial charge in [0.2, 0.25) is 0 Å². The number of rotatable bonds is 4. The maximum atomic E-state index is 12.1. The molecule has 1 rings (SSSR count). The van der Waals surface area contributed by atoms with Crippen molar-refractivity contribution in [2.75, 3.05) is 18.5 Å². The van der Waals surface area contributed by atoms with Crippen LogP contribution in [0.25, 0.3) is 0 Å². The van der Waals surface area contributed by atoms with Crippen LogP contribution in [0, 0.1) is 0 Å². The van der Waals surface area contributed by atoms with Gasteiger partial charge in [0.15, 0.2) is 0 Å². The molecular formula is C9H11ClF2N2O. The van der Waals surface area contributed by atoms with Crippen LogP contribution in [0.2, 0.25) is 5.02 Å². The van der Waals surface area contributed by atoms with Crippen LogP contribution < -0.4 is 4.90 Å². The first-order valence-electron chi connectivity index (χ1n) is 4.29. The predicted molar refractivity (Wildman–Crippen MR) is 54.4 cm³/mol. The van der Waals surface area contributed by atoms with Gasteiger partial charge in [-0.05, 0) is 11.6 Å². The maximum Gasteiger partial charge on any atom is 0.255 e. The SMILES string of the molecule is CN(CC(F)F)c1ncc(CO)cc1Cl. The first-order valence-corrected chi connectivity index (χ1v) is 4.67. The summed E-state index contributed by atoms with van der Waals surface area (Å²) in [5, 5.41) is 9.06. The van der Waals surface area contributed by atoms with Crippen LogP contribution in [0.15, 0.2) is 12.3 Å². The van der Waals surface area contributed by atoms with Crippen LogP contribution in [-0.2, 0) is 6.61 Å². The number of alkyl halides is 2. The molecule has 15 heavy (non-hydrogen) atoms. The number of aliphatic hydroxyl groups is 1. The molecule has 0 bridgehead atoms. The number of hydrogen-bond acceptors (Lipinski definition) is 3. The van der Waals surface area contributed by atoms with Crippen molar-refractivity contribution < 1.29 is 13.9 Å². The molecule has 0 saturated heterocycles. The van der Waals surface area contributed by atoms with Gasteiger partial charge in [-0.15, -0.1) is 0 Å². The summed E-state index contributed by atoms with van der Waals surface area (Å²) in [6.45, 7) is -0.600. The van der Waals surface area contributed by atoms with Gasteiger partial charge in [0.1, 0.15) is 5.82 Å². The van der Waals surface area contributed by atoms with Crippen molar-refractivity contribution >= 4 is 17.4 Å². The molecule has 0 atom stereocenters. The zero-order valence-electron chi connectivity index (χ0n) is 8.12. The van der Waals surface area contributed by atoms with E-state index in [1.165, 1.54) is 24.2 Å². The lowest BCUT2D eigenvalue weighted by molar-refractivity contribution is 0.156. The lowest BCUT2D eigenvalue weighted by Crippen LogP contribution is -2.25. The number of halogens is 3. The standard InChI is InChI=1S/C9H11ClF2N2O/c1-14(4-8(11)12)9-7(10)2-6(5-15)3-13-9/h2-3,8,15H,4-5H2,1H3. The molecule has 0 amide bonds. The zero-order valence-corrected chi connectivity index (χ0v) is 8.88. The molecular weight excluding hydrogens is 226 g/mol. The molecule has 0 saturated carbocycles. The smallest absolute Gasteiger partial charge is 0.255 e. The molecule has 0 aromatic carbocycles. The van der Waals surface area contributed by atoms with E-state index < -0.39 is 13.0 Å². The van der Waals surface area contributed by atoms with Gasteiger partial charge in [0, 0.05) is 13.2 Å². The average Bonchev–Trinajstić information content (AvgIpc) is 2.16. The van der Waals surface area contributed by atoms with E-state index in [2.05, 4.69) is 4.98 Å². The van der Waals surface area contributed by atoms with Crippen LogP contribution in [0.4, 0.5) is 14.6 Å². The molecule has 84 valence electrons. The summed E-state index contributed by atoms with van der Waals surface area (Å²) in [5.41, 5.74) is 0.550. The summed E-state index contributed by atoms with van der Waals surface area (Å²) >= 11 is 5.83. The second-order valence-electron chi connectivity index (χ2n) is 3.08. The predicted octanol–water partition coefficient (Wildman–Crippen LogP) is 1.93. The summed E-state index contributed by atoms with van der Waals surface area (Å²) in [6.07, 6.45) is -1.03. The van der Waals surface area contributed by atoms with E-state index >= 15 is 0 Å². The zero-order chi connectivity index (χ0) is 11.4. The number of aromatic nitrogens is 1. The normalized spacial score (nSPS) is 10.8. The van der Waals surface area contributed by atoms with E-state index in [4.69, 9.17) is 16.7 Å². The molecule has 0 radical (unpaired) electrons. The van der Waals surface area contributed by atoms with Gasteiger partial charge >= 0.3 is 0 Å². The molecule has 0 aliphatic heterocycles. The molecule has 0 aliphatic rings. The third-order valence-electron chi connectivity index (χ3n) is 1.83. The molecule has 1 aromatic heterocycles. The molecule has 0 fully saturated rings. The fourth-order valence-electron chi connectivity index (χ4n) is 1.13. The average molecular weight is 237 g/mol. The fraction of sp³-hybridized carbons (Fsp3) is 0.444. The highest BCUT2D eigenvalue weighted by molar-refractivity contribution is 6.33. The Morgan fingerprint density at radius 2 is 2.27 bits per heavy atom. The van der Waals surface area contributed by atoms with Crippen LogP contribution >= 0.6 is 11.6 Å². The van der Waals surface area contributed by atoms with Crippen LogP contribution in [-0.4, -0.2) is 30.1 Å². The van der Waals surface area contributed by atoms with Crippen molar-refractivity contribution in [1.82, 2.24) is 4.98 Å². The topological polar surface area (TPSA) is 36.4 Å². The van der Waals surface area contributed by atoms with Crippen molar-refractivity contribution in [3.05, 3.63) is 22.8 Å². The second kappa shape index (κ2) is 5.23. The minimum Gasteiger partial charge on any atom is -0.392 e. The fourth-order valence-corrected chi connectivity index (χ4v) is 1.46. The molecule has 1 N–H and O–H groups in total.